The summed E-state index contributed by atoms with van der Waals surface area (Å²) in [6.07, 6.45) is 11.3. The zero-order chi connectivity index (χ0) is 15.3. The molecule has 0 bridgehead atoms. The van der Waals surface area contributed by atoms with Gasteiger partial charge in [0.1, 0.15) is 6.42 Å². The molecule has 0 aromatic rings. The van der Waals surface area contributed by atoms with E-state index in [9.17, 15) is 9.59 Å². The average Bonchev–Trinajstić information content (AvgIpc) is 2.45. The van der Waals surface area contributed by atoms with Crippen LogP contribution < -0.4 is 0 Å². The molecule has 1 aliphatic heterocycles. The lowest BCUT2D eigenvalue weighted by atomic mass is 9.92. The minimum Gasteiger partial charge on any atom is -0.465 e. The van der Waals surface area contributed by atoms with Crippen LogP contribution in [-0.4, -0.2) is 25.2 Å². The molecule has 1 heterocycles. The maximum Gasteiger partial charge on any atom is 0.317 e. The number of hydrogen-bond donors (Lipinski definition) is 0. The van der Waals surface area contributed by atoms with Crippen LogP contribution in [0.5, 0.6) is 0 Å². The first kappa shape index (κ1) is 18.0. The Labute approximate surface area is 128 Å². The van der Waals surface area contributed by atoms with Gasteiger partial charge in [-0.2, -0.15) is 0 Å². The average molecular weight is 298 g/mol. The fourth-order valence-electron chi connectivity index (χ4n) is 2.87. The van der Waals surface area contributed by atoms with Crippen LogP contribution in [0.15, 0.2) is 0 Å². The minimum absolute atomic E-state index is 0.252. The summed E-state index contributed by atoms with van der Waals surface area (Å²) >= 11 is 0. The molecule has 1 fully saturated rings. The Morgan fingerprint density at radius 2 is 1.43 bits per heavy atom. The van der Waals surface area contributed by atoms with E-state index in [4.69, 9.17) is 9.47 Å². The van der Waals surface area contributed by atoms with E-state index in [1.54, 1.807) is 0 Å². The lowest BCUT2D eigenvalue weighted by molar-refractivity contribution is -0.154. The molecule has 1 aliphatic rings. The zero-order valence-corrected chi connectivity index (χ0v) is 13.4. The number of rotatable bonds is 2. The van der Waals surface area contributed by atoms with Gasteiger partial charge < -0.3 is 9.47 Å². The number of cyclic esters (lactones) is 2. The van der Waals surface area contributed by atoms with E-state index in [1.807, 2.05) is 0 Å². The van der Waals surface area contributed by atoms with Gasteiger partial charge in [-0.15, -0.1) is 0 Å². The van der Waals surface area contributed by atoms with Gasteiger partial charge in [0.25, 0.3) is 0 Å². The fraction of sp³-hybridized carbons (Fsp3) is 0.882. The molecule has 1 unspecified atom stereocenters. The van der Waals surface area contributed by atoms with Crippen molar-refractivity contribution in [3.8, 4) is 0 Å². The van der Waals surface area contributed by atoms with Gasteiger partial charge in [-0.3, -0.25) is 9.59 Å². The number of hydrogen-bond acceptors (Lipinski definition) is 4. The van der Waals surface area contributed by atoms with Gasteiger partial charge in [-0.1, -0.05) is 51.9 Å². The third kappa shape index (κ3) is 9.48. The standard InChI is InChI=1S/C17H30O4/c1-2-9-15-10-6-4-3-5-7-12-20-16(18)14-17(19)21-13-8-11-15/h15H,2-14H2,1H3. The summed E-state index contributed by atoms with van der Waals surface area (Å²) in [4.78, 5) is 22.9. The van der Waals surface area contributed by atoms with E-state index >= 15 is 0 Å². The largest absolute Gasteiger partial charge is 0.465 e. The second-order valence-electron chi connectivity index (χ2n) is 5.97. The quantitative estimate of drug-likeness (QED) is 0.571. The Bertz CT molecular complexity index is 301. The van der Waals surface area contributed by atoms with Crippen molar-refractivity contribution in [2.24, 2.45) is 5.92 Å². The molecule has 1 saturated heterocycles. The molecular formula is C17H30O4. The number of carbonyl (C=O) groups is 2. The SMILES string of the molecule is CCCC1CCCCCCCOC(=O)CC(=O)OCCC1. The van der Waals surface area contributed by atoms with Crippen LogP contribution in [0.2, 0.25) is 0 Å². The second-order valence-corrected chi connectivity index (χ2v) is 5.97. The molecule has 0 saturated carbocycles. The van der Waals surface area contributed by atoms with Crippen LogP contribution in [0.1, 0.15) is 77.6 Å². The van der Waals surface area contributed by atoms with E-state index in [2.05, 4.69) is 6.92 Å². The van der Waals surface area contributed by atoms with Crippen LogP contribution in [0.3, 0.4) is 0 Å². The van der Waals surface area contributed by atoms with Gasteiger partial charge in [0.15, 0.2) is 0 Å². The van der Waals surface area contributed by atoms with E-state index in [1.165, 1.54) is 38.5 Å². The molecule has 21 heavy (non-hydrogen) atoms. The van der Waals surface area contributed by atoms with Crippen LogP contribution in [0.25, 0.3) is 0 Å². The van der Waals surface area contributed by atoms with Crippen molar-refractivity contribution in [2.45, 2.75) is 77.6 Å². The Morgan fingerprint density at radius 1 is 0.857 bits per heavy atom. The van der Waals surface area contributed by atoms with Gasteiger partial charge in [0, 0.05) is 0 Å². The molecule has 4 nitrogen and oxygen atoms in total. The van der Waals surface area contributed by atoms with E-state index in [0.29, 0.717) is 13.2 Å². The normalized spacial score (nSPS) is 24.1. The molecule has 0 radical (unpaired) electrons. The van der Waals surface area contributed by atoms with Gasteiger partial charge in [0.05, 0.1) is 13.2 Å². The molecule has 4 heteroatoms. The lowest BCUT2D eigenvalue weighted by Crippen LogP contribution is -2.15. The van der Waals surface area contributed by atoms with Gasteiger partial charge in [-0.25, -0.2) is 0 Å². The Balaban J connectivity index is 2.37. The second kappa shape index (κ2) is 11.6. The molecular weight excluding hydrogens is 268 g/mol. The summed E-state index contributed by atoms with van der Waals surface area (Å²) in [6, 6.07) is 0. The Kier molecular flexibility index (Phi) is 9.92. The maximum absolute atomic E-state index is 11.5. The molecule has 0 N–H and O–H groups in total. The van der Waals surface area contributed by atoms with Crippen LogP contribution in [0.4, 0.5) is 0 Å². The van der Waals surface area contributed by atoms with Crippen molar-refractivity contribution in [1.29, 1.82) is 0 Å². The monoisotopic (exact) mass is 298 g/mol. The molecule has 1 rings (SSSR count). The summed E-state index contributed by atoms with van der Waals surface area (Å²) in [5, 5.41) is 0. The highest BCUT2D eigenvalue weighted by Crippen LogP contribution is 2.21. The zero-order valence-electron chi connectivity index (χ0n) is 13.4. The Morgan fingerprint density at radius 3 is 2.14 bits per heavy atom. The molecule has 0 amide bonds. The first-order valence-electron chi connectivity index (χ1n) is 8.53. The summed E-state index contributed by atoms with van der Waals surface area (Å²) in [7, 11) is 0. The maximum atomic E-state index is 11.5. The number of carbonyl (C=O) groups excluding carboxylic acids is 2. The molecule has 0 aromatic carbocycles. The summed E-state index contributed by atoms with van der Waals surface area (Å²) < 4.78 is 10.1. The van der Waals surface area contributed by atoms with Crippen molar-refractivity contribution in [3.05, 3.63) is 0 Å². The van der Waals surface area contributed by atoms with Crippen molar-refractivity contribution in [1.82, 2.24) is 0 Å². The molecule has 0 spiro atoms. The van der Waals surface area contributed by atoms with E-state index in [0.717, 1.165) is 31.6 Å². The third-order valence-corrected chi connectivity index (χ3v) is 4.03. The Hall–Kier alpha value is -1.06. The van der Waals surface area contributed by atoms with Crippen molar-refractivity contribution in [3.63, 3.8) is 0 Å². The summed E-state index contributed by atoms with van der Waals surface area (Å²) in [6.45, 7) is 3.07. The highest BCUT2D eigenvalue weighted by atomic mass is 16.6. The first-order chi connectivity index (χ1) is 10.2. The molecule has 0 aliphatic carbocycles. The number of ether oxygens (including phenoxy) is 2. The fourth-order valence-corrected chi connectivity index (χ4v) is 2.87. The summed E-state index contributed by atoms with van der Waals surface area (Å²) in [5.41, 5.74) is 0. The van der Waals surface area contributed by atoms with E-state index in [-0.39, 0.29) is 6.42 Å². The van der Waals surface area contributed by atoms with E-state index < -0.39 is 11.9 Å². The molecule has 0 aromatic heterocycles. The number of esters is 2. The molecule has 1 atom stereocenters. The first-order valence-corrected chi connectivity index (χ1v) is 8.53. The van der Waals surface area contributed by atoms with Gasteiger partial charge in [0.2, 0.25) is 0 Å². The van der Waals surface area contributed by atoms with Crippen molar-refractivity contribution in [2.75, 3.05) is 13.2 Å². The van der Waals surface area contributed by atoms with Crippen LogP contribution in [0, 0.1) is 5.92 Å². The van der Waals surface area contributed by atoms with Gasteiger partial charge >= 0.3 is 11.9 Å². The molecule has 122 valence electrons. The van der Waals surface area contributed by atoms with Gasteiger partial charge in [-0.05, 0) is 25.2 Å². The highest BCUT2D eigenvalue weighted by molar-refractivity contribution is 5.91. The van der Waals surface area contributed by atoms with Crippen molar-refractivity contribution >= 4 is 11.9 Å². The van der Waals surface area contributed by atoms with Crippen LogP contribution >= 0.6 is 0 Å². The predicted molar refractivity (Wildman–Crippen MR) is 81.9 cm³/mol. The topological polar surface area (TPSA) is 52.6 Å². The predicted octanol–water partition coefficient (Wildman–Crippen LogP) is 4.01. The lowest BCUT2D eigenvalue weighted by Gasteiger charge is -2.16. The summed E-state index contributed by atoms with van der Waals surface area (Å²) in [5.74, 6) is -0.165. The third-order valence-electron chi connectivity index (χ3n) is 4.03. The van der Waals surface area contributed by atoms with Crippen LogP contribution in [-0.2, 0) is 19.1 Å². The minimum atomic E-state index is -0.462. The highest BCUT2D eigenvalue weighted by Gasteiger charge is 2.13. The van der Waals surface area contributed by atoms with Crippen molar-refractivity contribution < 1.29 is 19.1 Å². The smallest absolute Gasteiger partial charge is 0.317 e.